The van der Waals surface area contributed by atoms with Crippen LogP contribution in [-0.4, -0.2) is 6.73 Å². The lowest BCUT2D eigenvalue weighted by Crippen LogP contribution is -1.96. The van der Waals surface area contributed by atoms with Gasteiger partial charge in [-0.3, -0.25) is 0 Å². The van der Waals surface area contributed by atoms with Gasteiger partial charge in [-0.25, -0.2) is 0 Å². The molecule has 3 heteroatoms. The van der Waals surface area contributed by atoms with Gasteiger partial charge in [0.15, 0.2) is 6.73 Å². The van der Waals surface area contributed by atoms with E-state index >= 15 is 0 Å². The Morgan fingerprint density at radius 2 is 2.40 bits per heavy atom. The minimum Gasteiger partial charge on any atom is -0.471 e. The van der Waals surface area contributed by atoms with Gasteiger partial charge in [0.05, 0.1) is 5.69 Å². The smallest absolute Gasteiger partial charge is 0.159 e. The van der Waals surface area contributed by atoms with Crippen molar-refractivity contribution in [3.8, 4) is 5.75 Å². The fourth-order valence-electron chi connectivity index (χ4n) is 0.958. The summed E-state index contributed by atoms with van der Waals surface area (Å²) >= 11 is 3.37. The first kappa shape index (κ1) is 6.04. The van der Waals surface area contributed by atoms with Gasteiger partial charge in [0.25, 0.3) is 0 Å². The predicted octanol–water partition coefficient (Wildman–Crippen LogP) is 2.21. The van der Waals surface area contributed by atoms with Gasteiger partial charge in [0.1, 0.15) is 5.75 Å². The van der Waals surface area contributed by atoms with Gasteiger partial charge in [-0.05, 0) is 18.2 Å². The molecule has 1 aromatic rings. The third kappa shape index (κ3) is 0.865. The summed E-state index contributed by atoms with van der Waals surface area (Å²) in [5.41, 5.74) is 1.06. The minimum absolute atomic E-state index is 0.589. The fourth-order valence-corrected chi connectivity index (χ4v) is 1.32. The second-order valence-corrected chi connectivity index (χ2v) is 3.02. The van der Waals surface area contributed by atoms with Crippen LogP contribution in [0.4, 0.5) is 5.69 Å². The number of benzene rings is 1. The number of hydrogen-bond donors (Lipinski definition) is 1. The lowest BCUT2D eigenvalue weighted by molar-refractivity contribution is 0.372. The molecule has 0 spiro atoms. The van der Waals surface area contributed by atoms with Gasteiger partial charge >= 0.3 is 0 Å². The lowest BCUT2D eigenvalue weighted by atomic mass is 10.3. The third-order valence-electron chi connectivity index (χ3n) is 1.43. The number of fused-ring (bicyclic) bond motifs is 1. The summed E-state index contributed by atoms with van der Waals surface area (Å²) in [6.45, 7) is 0.589. The SMILES string of the molecule is Brc1ccc2c(c1)NCO2. The molecule has 0 fully saturated rings. The predicted molar refractivity (Wildman–Crippen MR) is 43.3 cm³/mol. The van der Waals surface area contributed by atoms with Crippen LogP contribution in [0.15, 0.2) is 22.7 Å². The van der Waals surface area contributed by atoms with Crippen molar-refractivity contribution >= 4 is 21.6 Å². The molecule has 0 saturated heterocycles. The molecule has 2 nitrogen and oxygen atoms in total. The molecule has 1 aliphatic heterocycles. The van der Waals surface area contributed by atoms with E-state index in [1.807, 2.05) is 18.2 Å². The Labute approximate surface area is 67.3 Å². The summed E-state index contributed by atoms with van der Waals surface area (Å²) < 4.78 is 6.29. The zero-order valence-corrected chi connectivity index (χ0v) is 6.81. The summed E-state index contributed by atoms with van der Waals surface area (Å²) in [6, 6.07) is 5.91. The molecule has 0 aliphatic carbocycles. The Morgan fingerprint density at radius 1 is 1.50 bits per heavy atom. The summed E-state index contributed by atoms with van der Waals surface area (Å²) in [5, 5.41) is 3.09. The molecule has 1 aliphatic rings. The molecule has 52 valence electrons. The average Bonchev–Trinajstić information content (AvgIpc) is 2.33. The Morgan fingerprint density at radius 3 is 3.30 bits per heavy atom. The van der Waals surface area contributed by atoms with E-state index in [-0.39, 0.29) is 0 Å². The zero-order valence-electron chi connectivity index (χ0n) is 5.23. The summed E-state index contributed by atoms with van der Waals surface area (Å²) in [6.07, 6.45) is 0. The first-order valence-corrected chi connectivity index (χ1v) is 3.82. The number of nitrogens with one attached hydrogen (secondary N) is 1. The van der Waals surface area contributed by atoms with E-state index in [1.54, 1.807) is 0 Å². The average molecular weight is 200 g/mol. The molecule has 0 radical (unpaired) electrons. The molecule has 10 heavy (non-hydrogen) atoms. The fraction of sp³-hybridized carbons (Fsp3) is 0.143. The van der Waals surface area contributed by atoms with Crippen molar-refractivity contribution in [2.45, 2.75) is 0 Å². The third-order valence-corrected chi connectivity index (χ3v) is 1.93. The highest BCUT2D eigenvalue weighted by Gasteiger charge is 2.09. The summed E-state index contributed by atoms with van der Waals surface area (Å²) in [7, 11) is 0. The van der Waals surface area contributed by atoms with Gasteiger partial charge in [-0.1, -0.05) is 15.9 Å². The molecule has 2 rings (SSSR count). The highest BCUT2D eigenvalue weighted by Crippen LogP contribution is 2.31. The van der Waals surface area contributed by atoms with Crippen molar-refractivity contribution in [1.82, 2.24) is 0 Å². The van der Waals surface area contributed by atoms with Crippen LogP contribution in [-0.2, 0) is 0 Å². The lowest BCUT2D eigenvalue weighted by Gasteiger charge is -1.95. The maximum absolute atomic E-state index is 5.22. The minimum atomic E-state index is 0.589. The number of rotatable bonds is 0. The van der Waals surface area contributed by atoms with Crippen molar-refractivity contribution < 1.29 is 4.74 Å². The molecule has 1 heterocycles. The van der Waals surface area contributed by atoms with Crippen LogP contribution in [0.25, 0.3) is 0 Å². The Hall–Kier alpha value is -0.700. The first-order valence-electron chi connectivity index (χ1n) is 3.02. The van der Waals surface area contributed by atoms with Crippen LogP contribution in [0.2, 0.25) is 0 Å². The van der Waals surface area contributed by atoms with Crippen molar-refractivity contribution in [2.24, 2.45) is 0 Å². The number of anilines is 1. The van der Waals surface area contributed by atoms with E-state index in [1.165, 1.54) is 0 Å². The van der Waals surface area contributed by atoms with Crippen molar-refractivity contribution in [3.63, 3.8) is 0 Å². The van der Waals surface area contributed by atoms with E-state index in [2.05, 4.69) is 21.2 Å². The van der Waals surface area contributed by atoms with Crippen LogP contribution >= 0.6 is 15.9 Å². The van der Waals surface area contributed by atoms with E-state index in [4.69, 9.17) is 4.74 Å². The Balaban J connectivity index is 2.52. The van der Waals surface area contributed by atoms with Crippen molar-refractivity contribution in [2.75, 3.05) is 12.0 Å². The van der Waals surface area contributed by atoms with E-state index in [0.29, 0.717) is 6.73 Å². The van der Waals surface area contributed by atoms with Crippen LogP contribution in [0, 0.1) is 0 Å². The standard InChI is InChI=1S/C7H6BrNO/c8-5-1-2-7-6(3-5)9-4-10-7/h1-3,9H,4H2. The van der Waals surface area contributed by atoms with Gasteiger partial charge in [-0.15, -0.1) is 0 Å². The molecule has 0 aromatic heterocycles. The van der Waals surface area contributed by atoms with Crippen molar-refractivity contribution in [3.05, 3.63) is 22.7 Å². The number of ether oxygens (including phenoxy) is 1. The second kappa shape index (κ2) is 2.16. The second-order valence-electron chi connectivity index (χ2n) is 2.11. The Bertz CT molecular complexity index is 262. The highest BCUT2D eigenvalue weighted by molar-refractivity contribution is 9.10. The molecule has 0 unspecified atom stereocenters. The maximum atomic E-state index is 5.22. The van der Waals surface area contributed by atoms with Crippen LogP contribution < -0.4 is 10.1 Å². The first-order chi connectivity index (χ1) is 4.86. The molecule has 0 bridgehead atoms. The molecule has 1 aromatic carbocycles. The molecular formula is C7H6BrNO. The summed E-state index contributed by atoms with van der Waals surface area (Å²) in [5.74, 6) is 0.934. The molecule has 0 saturated carbocycles. The maximum Gasteiger partial charge on any atom is 0.159 e. The molecule has 1 N–H and O–H groups in total. The van der Waals surface area contributed by atoms with Crippen molar-refractivity contribution in [1.29, 1.82) is 0 Å². The van der Waals surface area contributed by atoms with Gasteiger partial charge < -0.3 is 10.1 Å². The Kier molecular flexibility index (Phi) is 1.31. The zero-order chi connectivity index (χ0) is 6.97. The topological polar surface area (TPSA) is 21.3 Å². The largest absolute Gasteiger partial charge is 0.471 e. The van der Waals surface area contributed by atoms with Gasteiger partial charge in [0, 0.05) is 4.47 Å². The highest BCUT2D eigenvalue weighted by atomic mass is 79.9. The van der Waals surface area contributed by atoms with E-state index in [0.717, 1.165) is 15.9 Å². The number of hydrogen-bond acceptors (Lipinski definition) is 2. The van der Waals surface area contributed by atoms with Gasteiger partial charge in [0.2, 0.25) is 0 Å². The number of halogens is 1. The monoisotopic (exact) mass is 199 g/mol. The van der Waals surface area contributed by atoms with Gasteiger partial charge in [-0.2, -0.15) is 0 Å². The molecular weight excluding hydrogens is 194 g/mol. The van der Waals surface area contributed by atoms with Crippen LogP contribution in [0.3, 0.4) is 0 Å². The van der Waals surface area contributed by atoms with Crippen LogP contribution in [0.1, 0.15) is 0 Å². The quantitative estimate of drug-likeness (QED) is 0.693. The normalized spacial score (nSPS) is 13.7. The van der Waals surface area contributed by atoms with E-state index < -0.39 is 0 Å². The molecule has 0 amide bonds. The van der Waals surface area contributed by atoms with E-state index in [9.17, 15) is 0 Å². The van der Waals surface area contributed by atoms with Crippen LogP contribution in [0.5, 0.6) is 5.75 Å². The molecule has 0 atom stereocenters. The summed E-state index contributed by atoms with van der Waals surface area (Å²) in [4.78, 5) is 0.